The first-order chi connectivity index (χ1) is 7.70. The van der Waals surface area contributed by atoms with Gasteiger partial charge < -0.3 is 9.47 Å². The van der Waals surface area contributed by atoms with Gasteiger partial charge in [-0.15, -0.1) is 0 Å². The van der Waals surface area contributed by atoms with Crippen molar-refractivity contribution in [3.05, 3.63) is 29.8 Å². The second-order valence-corrected chi connectivity index (χ2v) is 4.91. The molecule has 1 aliphatic heterocycles. The van der Waals surface area contributed by atoms with Gasteiger partial charge in [0.05, 0.1) is 11.9 Å². The zero-order chi connectivity index (χ0) is 11.5. The Morgan fingerprint density at radius 2 is 2.06 bits per heavy atom. The molecule has 16 heavy (non-hydrogen) atoms. The SMILES string of the molecule is COc1ccc([C@@H]2OC(=O)CC[C@H]2Br)cc1. The highest BCUT2D eigenvalue weighted by Crippen LogP contribution is 2.34. The Bertz CT molecular complexity index is 374. The predicted molar refractivity (Wildman–Crippen MR) is 63.8 cm³/mol. The molecule has 1 aromatic carbocycles. The fourth-order valence-corrected chi connectivity index (χ4v) is 2.39. The number of halogens is 1. The Balaban J connectivity index is 2.18. The largest absolute Gasteiger partial charge is 0.497 e. The minimum absolute atomic E-state index is 0.128. The quantitative estimate of drug-likeness (QED) is 0.619. The molecule has 0 saturated carbocycles. The molecule has 1 fully saturated rings. The van der Waals surface area contributed by atoms with Crippen LogP contribution in [0.4, 0.5) is 0 Å². The fourth-order valence-electron chi connectivity index (χ4n) is 1.75. The maximum absolute atomic E-state index is 11.2. The average molecular weight is 285 g/mol. The highest BCUT2D eigenvalue weighted by molar-refractivity contribution is 9.09. The summed E-state index contributed by atoms with van der Waals surface area (Å²) in [5.74, 6) is 0.675. The molecule has 1 aromatic rings. The van der Waals surface area contributed by atoms with Crippen LogP contribution in [-0.2, 0) is 9.53 Å². The summed E-state index contributed by atoms with van der Waals surface area (Å²) >= 11 is 3.55. The molecule has 0 unspecified atom stereocenters. The first-order valence-corrected chi connectivity index (χ1v) is 6.10. The fraction of sp³-hybridized carbons (Fsp3) is 0.417. The lowest BCUT2D eigenvalue weighted by Gasteiger charge is -2.27. The summed E-state index contributed by atoms with van der Waals surface area (Å²) in [6.07, 6.45) is 1.12. The number of cyclic esters (lactones) is 1. The van der Waals surface area contributed by atoms with Gasteiger partial charge in [-0.1, -0.05) is 28.1 Å². The zero-order valence-electron chi connectivity index (χ0n) is 8.98. The molecular formula is C12H13BrO3. The van der Waals surface area contributed by atoms with Gasteiger partial charge in [0.2, 0.25) is 0 Å². The minimum Gasteiger partial charge on any atom is -0.497 e. The third kappa shape index (κ3) is 2.38. The molecular weight excluding hydrogens is 272 g/mol. The summed E-state index contributed by atoms with van der Waals surface area (Å²) in [5.41, 5.74) is 0.996. The monoisotopic (exact) mass is 284 g/mol. The van der Waals surface area contributed by atoms with E-state index in [2.05, 4.69) is 15.9 Å². The number of hydrogen-bond acceptors (Lipinski definition) is 3. The molecule has 0 N–H and O–H groups in total. The zero-order valence-corrected chi connectivity index (χ0v) is 10.6. The Morgan fingerprint density at radius 1 is 1.38 bits per heavy atom. The van der Waals surface area contributed by atoms with E-state index in [1.165, 1.54) is 0 Å². The number of carbonyl (C=O) groups excluding carboxylic acids is 1. The normalized spacial score (nSPS) is 25.0. The van der Waals surface area contributed by atoms with E-state index in [9.17, 15) is 4.79 Å². The van der Waals surface area contributed by atoms with Crippen molar-refractivity contribution in [1.29, 1.82) is 0 Å². The third-order valence-corrected chi connectivity index (χ3v) is 3.59. The Hall–Kier alpha value is -1.03. The molecule has 1 heterocycles. The van der Waals surface area contributed by atoms with Gasteiger partial charge in [-0.2, -0.15) is 0 Å². The van der Waals surface area contributed by atoms with E-state index in [-0.39, 0.29) is 16.9 Å². The molecule has 86 valence electrons. The molecule has 1 aliphatic rings. The Kier molecular flexibility index (Phi) is 3.49. The number of esters is 1. The molecule has 3 nitrogen and oxygen atoms in total. The van der Waals surface area contributed by atoms with E-state index >= 15 is 0 Å². The summed E-state index contributed by atoms with van der Waals surface area (Å²) in [6.45, 7) is 0. The van der Waals surface area contributed by atoms with E-state index in [1.54, 1.807) is 7.11 Å². The third-order valence-electron chi connectivity index (χ3n) is 2.66. The lowest BCUT2D eigenvalue weighted by atomic mass is 10.0. The highest BCUT2D eigenvalue weighted by Gasteiger charge is 2.29. The molecule has 4 heteroatoms. The maximum Gasteiger partial charge on any atom is 0.306 e. The summed E-state index contributed by atoms with van der Waals surface area (Å²) in [5, 5.41) is 0. The summed E-state index contributed by atoms with van der Waals surface area (Å²) in [6, 6.07) is 7.60. The van der Waals surface area contributed by atoms with Gasteiger partial charge in [0, 0.05) is 6.42 Å². The lowest BCUT2D eigenvalue weighted by Crippen LogP contribution is -2.26. The predicted octanol–water partition coefficient (Wildman–Crippen LogP) is 2.84. The number of hydrogen-bond donors (Lipinski definition) is 0. The first-order valence-electron chi connectivity index (χ1n) is 5.18. The van der Waals surface area contributed by atoms with Crippen LogP contribution < -0.4 is 4.74 Å². The molecule has 0 bridgehead atoms. The van der Waals surface area contributed by atoms with Crippen LogP contribution in [0.15, 0.2) is 24.3 Å². The second kappa shape index (κ2) is 4.87. The van der Waals surface area contributed by atoms with Crippen molar-refractivity contribution in [1.82, 2.24) is 0 Å². The van der Waals surface area contributed by atoms with Gasteiger partial charge in [0.15, 0.2) is 0 Å². The number of ether oxygens (including phenoxy) is 2. The van der Waals surface area contributed by atoms with Crippen LogP contribution in [0.2, 0.25) is 0 Å². The standard InChI is InChI=1S/C12H13BrO3/c1-15-9-4-2-8(3-5-9)12-10(13)6-7-11(14)16-12/h2-5,10,12H,6-7H2,1H3/t10-,12+/m1/s1. The molecule has 0 amide bonds. The maximum atomic E-state index is 11.2. The molecule has 0 spiro atoms. The number of carbonyl (C=O) groups is 1. The summed E-state index contributed by atoms with van der Waals surface area (Å²) in [7, 11) is 1.63. The Labute approximate surface area is 103 Å². The minimum atomic E-state index is -0.188. The van der Waals surface area contributed by atoms with E-state index in [0.717, 1.165) is 17.7 Å². The summed E-state index contributed by atoms with van der Waals surface area (Å²) < 4.78 is 10.4. The topological polar surface area (TPSA) is 35.5 Å². The van der Waals surface area contributed by atoms with Crippen molar-refractivity contribution < 1.29 is 14.3 Å². The smallest absolute Gasteiger partial charge is 0.306 e. The van der Waals surface area contributed by atoms with Crippen LogP contribution in [0.1, 0.15) is 24.5 Å². The van der Waals surface area contributed by atoms with Gasteiger partial charge in [0.1, 0.15) is 11.9 Å². The van der Waals surface area contributed by atoms with Crippen LogP contribution in [-0.4, -0.2) is 17.9 Å². The van der Waals surface area contributed by atoms with Gasteiger partial charge in [-0.3, -0.25) is 4.79 Å². The van der Waals surface area contributed by atoms with Gasteiger partial charge in [-0.05, 0) is 24.1 Å². The van der Waals surface area contributed by atoms with Crippen LogP contribution in [0.3, 0.4) is 0 Å². The van der Waals surface area contributed by atoms with Crippen LogP contribution in [0.5, 0.6) is 5.75 Å². The lowest BCUT2D eigenvalue weighted by molar-refractivity contribution is -0.153. The van der Waals surface area contributed by atoms with Crippen molar-refractivity contribution in [2.75, 3.05) is 7.11 Å². The van der Waals surface area contributed by atoms with E-state index in [1.807, 2.05) is 24.3 Å². The van der Waals surface area contributed by atoms with Crippen molar-refractivity contribution in [3.63, 3.8) is 0 Å². The van der Waals surface area contributed by atoms with Crippen molar-refractivity contribution >= 4 is 21.9 Å². The molecule has 2 rings (SSSR count). The number of rotatable bonds is 2. The highest BCUT2D eigenvalue weighted by atomic mass is 79.9. The van der Waals surface area contributed by atoms with Crippen LogP contribution in [0.25, 0.3) is 0 Å². The molecule has 0 aromatic heterocycles. The number of benzene rings is 1. The molecule has 1 saturated heterocycles. The molecule has 0 aliphatic carbocycles. The number of methoxy groups -OCH3 is 1. The van der Waals surface area contributed by atoms with Crippen LogP contribution >= 0.6 is 15.9 Å². The second-order valence-electron chi connectivity index (χ2n) is 3.74. The van der Waals surface area contributed by atoms with Gasteiger partial charge >= 0.3 is 5.97 Å². The number of alkyl halides is 1. The summed E-state index contributed by atoms with van der Waals surface area (Å²) in [4.78, 5) is 11.4. The van der Waals surface area contributed by atoms with E-state index in [4.69, 9.17) is 9.47 Å². The van der Waals surface area contributed by atoms with E-state index in [0.29, 0.717) is 6.42 Å². The first kappa shape index (κ1) is 11.5. The van der Waals surface area contributed by atoms with Crippen LogP contribution in [0, 0.1) is 0 Å². The van der Waals surface area contributed by atoms with Gasteiger partial charge in [-0.25, -0.2) is 0 Å². The van der Waals surface area contributed by atoms with E-state index < -0.39 is 0 Å². The molecule has 0 radical (unpaired) electrons. The molecule has 2 atom stereocenters. The van der Waals surface area contributed by atoms with Crippen molar-refractivity contribution in [2.45, 2.75) is 23.8 Å². The van der Waals surface area contributed by atoms with Crippen molar-refractivity contribution in [3.8, 4) is 5.75 Å². The average Bonchev–Trinajstić information content (AvgIpc) is 2.32. The Morgan fingerprint density at radius 3 is 2.69 bits per heavy atom. The van der Waals surface area contributed by atoms with Gasteiger partial charge in [0.25, 0.3) is 0 Å². The van der Waals surface area contributed by atoms with Crippen molar-refractivity contribution in [2.24, 2.45) is 0 Å².